The predicted molar refractivity (Wildman–Crippen MR) is 74.4 cm³/mol. The molecule has 0 saturated heterocycles. The van der Waals surface area contributed by atoms with Gasteiger partial charge in [0.15, 0.2) is 0 Å². The molecule has 1 unspecified atom stereocenters. The Morgan fingerprint density at radius 1 is 1.11 bits per heavy atom. The Kier molecular flexibility index (Phi) is 3.13. The molecule has 19 heavy (non-hydrogen) atoms. The number of nitrogens with one attached hydrogen (secondary N) is 1. The summed E-state index contributed by atoms with van der Waals surface area (Å²) in [7, 11) is 0. The van der Waals surface area contributed by atoms with Gasteiger partial charge in [0, 0.05) is 6.04 Å². The third-order valence-corrected chi connectivity index (χ3v) is 3.71. The molecule has 2 aromatic carbocycles. The van der Waals surface area contributed by atoms with E-state index in [1.165, 1.54) is 5.56 Å². The van der Waals surface area contributed by atoms with Crippen molar-refractivity contribution < 1.29 is 10.2 Å². The van der Waals surface area contributed by atoms with E-state index in [1.807, 2.05) is 30.3 Å². The molecule has 1 aliphatic heterocycles. The molecule has 3 N–H and O–H groups in total. The van der Waals surface area contributed by atoms with Crippen molar-refractivity contribution in [2.24, 2.45) is 0 Å². The van der Waals surface area contributed by atoms with Crippen LogP contribution in [0.5, 0.6) is 11.5 Å². The Morgan fingerprint density at radius 2 is 1.95 bits per heavy atom. The highest BCUT2D eigenvalue weighted by Gasteiger charge is 2.21. The maximum Gasteiger partial charge on any atom is 0.118 e. The molecule has 3 nitrogen and oxygen atoms in total. The van der Waals surface area contributed by atoms with Crippen LogP contribution in [0.25, 0.3) is 0 Å². The van der Waals surface area contributed by atoms with Crippen LogP contribution in [0.15, 0.2) is 42.5 Å². The number of para-hydroxylation sites is 1. The summed E-state index contributed by atoms with van der Waals surface area (Å²) in [5.41, 5.74) is 3.34. The second kappa shape index (κ2) is 4.94. The molecule has 0 amide bonds. The molecule has 2 aromatic rings. The highest BCUT2D eigenvalue weighted by molar-refractivity contribution is 5.41. The van der Waals surface area contributed by atoms with E-state index in [-0.39, 0.29) is 6.04 Å². The van der Waals surface area contributed by atoms with Gasteiger partial charge in [0.05, 0.1) is 0 Å². The topological polar surface area (TPSA) is 52.5 Å². The molecule has 1 atom stereocenters. The van der Waals surface area contributed by atoms with Crippen LogP contribution in [0, 0.1) is 0 Å². The minimum atomic E-state index is 0.143. The Labute approximate surface area is 112 Å². The Hall–Kier alpha value is -2.00. The lowest BCUT2D eigenvalue weighted by Crippen LogP contribution is -2.31. The largest absolute Gasteiger partial charge is 0.508 e. The molecule has 3 heteroatoms. The van der Waals surface area contributed by atoms with Crippen LogP contribution in [0.4, 0.5) is 0 Å². The van der Waals surface area contributed by atoms with Gasteiger partial charge >= 0.3 is 0 Å². The highest BCUT2D eigenvalue weighted by atomic mass is 16.3. The van der Waals surface area contributed by atoms with E-state index >= 15 is 0 Å². The lowest BCUT2D eigenvalue weighted by Gasteiger charge is -2.27. The Morgan fingerprint density at radius 3 is 2.79 bits per heavy atom. The van der Waals surface area contributed by atoms with Crippen LogP contribution in [0.1, 0.15) is 22.7 Å². The monoisotopic (exact) mass is 255 g/mol. The van der Waals surface area contributed by atoms with Gasteiger partial charge in [-0.2, -0.15) is 0 Å². The lowest BCUT2D eigenvalue weighted by atomic mass is 9.90. The second-order valence-electron chi connectivity index (χ2n) is 4.97. The molecule has 0 aliphatic carbocycles. The first kappa shape index (κ1) is 12.1. The molecule has 3 rings (SSSR count). The number of rotatable bonds is 2. The Bertz CT molecular complexity index is 595. The second-order valence-corrected chi connectivity index (χ2v) is 4.97. The normalized spacial score (nSPS) is 18.0. The summed E-state index contributed by atoms with van der Waals surface area (Å²) in [5, 5.41) is 23.0. The van der Waals surface area contributed by atoms with Crippen molar-refractivity contribution >= 4 is 0 Å². The molecule has 0 spiro atoms. The van der Waals surface area contributed by atoms with Gasteiger partial charge in [-0.05, 0) is 54.3 Å². The number of hydrogen-bond acceptors (Lipinski definition) is 3. The number of phenolic OH excluding ortho intramolecular Hbond substituents is 2. The van der Waals surface area contributed by atoms with Crippen LogP contribution in [0.2, 0.25) is 0 Å². The van der Waals surface area contributed by atoms with Crippen LogP contribution in [0.3, 0.4) is 0 Å². The first-order chi connectivity index (χ1) is 9.24. The average Bonchev–Trinajstić information content (AvgIpc) is 2.42. The first-order valence-electron chi connectivity index (χ1n) is 6.56. The van der Waals surface area contributed by atoms with E-state index in [0.717, 1.165) is 30.5 Å². The molecule has 0 aromatic heterocycles. The highest BCUT2D eigenvalue weighted by Crippen LogP contribution is 2.30. The van der Waals surface area contributed by atoms with Gasteiger partial charge in [0.25, 0.3) is 0 Å². The summed E-state index contributed by atoms with van der Waals surface area (Å²) >= 11 is 0. The quantitative estimate of drug-likeness (QED) is 0.773. The van der Waals surface area contributed by atoms with E-state index in [2.05, 4.69) is 5.32 Å². The summed E-state index contributed by atoms with van der Waals surface area (Å²) in [4.78, 5) is 0. The fourth-order valence-electron chi connectivity index (χ4n) is 2.71. The zero-order chi connectivity index (χ0) is 13.2. The van der Waals surface area contributed by atoms with Crippen LogP contribution >= 0.6 is 0 Å². The van der Waals surface area contributed by atoms with Crippen molar-refractivity contribution in [2.45, 2.75) is 18.9 Å². The van der Waals surface area contributed by atoms with E-state index < -0.39 is 0 Å². The minimum Gasteiger partial charge on any atom is -0.508 e. The fourth-order valence-corrected chi connectivity index (χ4v) is 2.71. The van der Waals surface area contributed by atoms with Gasteiger partial charge < -0.3 is 15.5 Å². The number of benzene rings is 2. The lowest BCUT2D eigenvalue weighted by molar-refractivity contribution is 0.447. The zero-order valence-electron chi connectivity index (χ0n) is 10.6. The number of phenols is 2. The summed E-state index contributed by atoms with van der Waals surface area (Å²) < 4.78 is 0. The standard InChI is InChI=1S/C16H17NO2/c18-13-6-5-11-7-8-17-15(14(11)10-13)9-12-3-1-2-4-16(12)19/h1-6,10,15,17-19H,7-9H2. The number of hydrogen-bond donors (Lipinski definition) is 3. The van der Waals surface area contributed by atoms with Crippen molar-refractivity contribution in [2.75, 3.05) is 6.54 Å². The smallest absolute Gasteiger partial charge is 0.118 e. The third kappa shape index (κ3) is 2.42. The van der Waals surface area contributed by atoms with E-state index in [1.54, 1.807) is 12.1 Å². The zero-order valence-corrected chi connectivity index (χ0v) is 10.6. The first-order valence-corrected chi connectivity index (χ1v) is 6.56. The maximum atomic E-state index is 9.87. The van der Waals surface area contributed by atoms with Crippen molar-refractivity contribution in [1.82, 2.24) is 5.32 Å². The predicted octanol–water partition coefficient (Wildman–Crippen LogP) is 2.53. The minimum absolute atomic E-state index is 0.143. The molecular weight excluding hydrogens is 238 g/mol. The molecule has 98 valence electrons. The molecule has 0 radical (unpaired) electrons. The summed E-state index contributed by atoms with van der Waals surface area (Å²) in [6.07, 6.45) is 1.70. The van der Waals surface area contributed by atoms with Crippen LogP contribution < -0.4 is 5.32 Å². The van der Waals surface area contributed by atoms with Gasteiger partial charge in [-0.25, -0.2) is 0 Å². The van der Waals surface area contributed by atoms with Gasteiger partial charge in [-0.3, -0.25) is 0 Å². The molecule has 0 bridgehead atoms. The van der Waals surface area contributed by atoms with Gasteiger partial charge in [-0.15, -0.1) is 0 Å². The molecule has 0 fully saturated rings. The van der Waals surface area contributed by atoms with E-state index in [9.17, 15) is 10.2 Å². The van der Waals surface area contributed by atoms with Crippen molar-refractivity contribution in [3.05, 3.63) is 59.2 Å². The molecule has 0 saturated carbocycles. The van der Waals surface area contributed by atoms with Gasteiger partial charge in [-0.1, -0.05) is 24.3 Å². The van der Waals surface area contributed by atoms with E-state index in [0.29, 0.717) is 11.5 Å². The summed E-state index contributed by atoms with van der Waals surface area (Å²) in [6.45, 7) is 0.927. The molecular formula is C16H17NO2. The molecule has 1 aliphatic rings. The van der Waals surface area contributed by atoms with Crippen LogP contribution in [-0.4, -0.2) is 16.8 Å². The number of aromatic hydroxyl groups is 2. The summed E-state index contributed by atoms with van der Waals surface area (Å²) in [5.74, 6) is 0.626. The Balaban J connectivity index is 1.92. The van der Waals surface area contributed by atoms with Crippen LogP contribution in [-0.2, 0) is 12.8 Å². The third-order valence-electron chi connectivity index (χ3n) is 3.71. The SMILES string of the molecule is Oc1ccc2c(c1)C(Cc1ccccc1O)NCC2. The molecule has 1 heterocycles. The number of fused-ring (bicyclic) bond motifs is 1. The maximum absolute atomic E-state index is 9.87. The van der Waals surface area contributed by atoms with Gasteiger partial charge in [0.1, 0.15) is 11.5 Å². The van der Waals surface area contributed by atoms with Crippen molar-refractivity contribution in [3.8, 4) is 11.5 Å². The van der Waals surface area contributed by atoms with Gasteiger partial charge in [0.2, 0.25) is 0 Å². The van der Waals surface area contributed by atoms with Crippen molar-refractivity contribution in [1.29, 1.82) is 0 Å². The fraction of sp³-hybridized carbons (Fsp3) is 0.250. The van der Waals surface area contributed by atoms with E-state index in [4.69, 9.17) is 0 Å². The average molecular weight is 255 g/mol. The van der Waals surface area contributed by atoms with Crippen molar-refractivity contribution in [3.63, 3.8) is 0 Å². The summed E-state index contributed by atoms with van der Waals surface area (Å²) in [6, 6.07) is 13.1.